The Kier molecular flexibility index (Phi) is 5.22. The summed E-state index contributed by atoms with van der Waals surface area (Å²) < 4.78 is 0. The molecule has 3 heterocycles. The van der Waals surface area contributed by atoms with E-state index in [0.29, 0.717) is 22.7 Å². The van der Waals surface area contributed by atoms with Gasteiger partial charge in [-0.3, -0.25) is 29.4 Å². The molecule has 0 unspecified atom stereocenters. The Morgan fingerprint density at radius 2 is 1.82 bits per heavy atom. The van der Waals surface area contributed by atoms with E-state index in [0.717, 1.165) is 5.56 Å². The zero-order valence-electron chi connectivity index (χ0n) is 17.7. The average Bonchev–Trinajstić information content (AvgIpc) is 3.38. The molecule has 3 aliphatic heterocycles. The van der Waals surface area contributed by atoms with E-state index in [1.165, 1.54) is 4.90 Å². The van der Waals surface area contributed by atoms with E-state index in [9.17, 15) is 19.2 Å². The molecule has 4 N–H and O–H groups in total. The first kappa shape index (κ1) is 21.6. The van der Waals surface area contributed by atoms with Gasteiger partial charge in [0.05, 0.1) is 22.5 Å². The van der Waals surface area contributed by atoms with Crippen LogP contribution >= 0.6 is 11.6 Å². The first-order valence-corrected chi connectivity index (χ1v) is 11.3. The second-order valence-corrected chi connectivity index (χ2v) is 9.15. The molecule has 2 aromatic rings. The number of halogens is 1. The molecule has 0 saturated carbocycles. The van der Waals surface area contributed by atoms with Crippen LogP contribution in [0.1, 0.15) is 24.0 Å². The van der Waals surface area contributed by atoms with Crippen molar-refractivity contribution in [2.45, 2.75) is 30.8 Å². The minimum absolute atomic E-state index is 0.0342. The quantitative estimate of drug-likeness (QED) is 0.558. The van der Waals surface area contributed by atoms with E-state index in [1.54, 1.807) is 18.2 Å². The van der Waals surface area contributed by atoms with Crippen molar-refractivity contribution in [1.82, 2.24) is 10.2 Å². The number of para-hydroxylation sites is 1. The summed E-state index contributed by atoms with van der Waals surface area (Å²) in [6, 6.07) is 14.1. The molecule has 33 heavy (non-hydrogen) atoms. The molecule has 4 atom stereocenters. The number of carbonyl (C=O) groups is 4. The number of rotatable bonds is 6. The topological polar surface area (TPSA) is 122 Å². The van der Waals surface area contributed by atoms with Gasteiger partial charge in [0.1, 0.15) is 5.54 Å². The maximum atomic E-state index is 13.7. The summed E-state index contributed by atoms with van der Waals surface area (Å²) in [6.07, 6.45) is 0.790. The van der Waals surface area contributed by atoms with Crippen molar-refractivity contribution in [3.8, 4) is 0 Å². The van der Waals surface area contributed by atoms with Crippen molar-refractivity contribution in [3.63, 3.8) is 0 Å². The zero-order valence-corrected chi connectivity index (χ0v) is 18.5. The molecule has 8 nitrogen and oxygen atoms in total. The van der Waals surface area contributed by atoms with Gasteiger partial charge in [0, 0.05) is 24.6 Å². The molecule has 2 aromatic carbocycles. The predicted molar refractivity (Wildman–Crippen MR) is 121 cm³/mol. The highest BCUT2D eigenvalue weighted by atomic mass is 35.5. The number of nitrogens with zero attached hydrogens (tertiary/aromatic N) is 1. The summed E-state index contributed by atoms with van der Waals surface area (Å²) in [5.74, 6) is -3.36. The number of anilines is 1. The Bertz CT molecular complexity index is 1170. The van der Waals surface area contributed by atoms with Gasteiger partial charge in [0.2, 0.25) is 23.6 Å². The molecule has 170 valence electrons. The van der Waals surface area contributed by atoms with Crippen LogP contribution in [-0.2, 0) is 31.1 Å². The Morgan fingerprint density at radius 3 is 2.55 bits per heavy atom. The molecule has 3 aliphatic rings. The van der Waals surface area contributed by atoms with E-state index in [-0.39, 0.29) is 25.3 Å². The number of likely N-dealkylation sites (tertiary alicyclic amines) is 1. The molecule has 0 aromatic heterocycles. The standard InChI is InChI=1S/C24H23ClN4O4/c25-15-8-4-7-14-20(15)27-23(33)24(14)19-18(16(28-24)9-10-17(26)30)21(31)29(22(19)32)12-11-13-5-2-1-3-6-13/h1-8,16,18-19,28H,9-12H2,(H2,26,30)(H,27,33)/t16-,18+,19+,24-/m1/s1. The summed E-state index contributed by atoms with van der Waals surface area (Å²) in [6.45, 7) is 0.220. The largest absolute Gasteiger partial charge is 0.370 e. The number of benzene rings is 2. The lowest BCUT2D eigenvalue weighted by Crippen LogP contribution is -2.53. The zero-order chi connectivity index (χ0) is 23.3. The molecule has 5 rings (SSSR count). The number of hydrogen-bond acceptors (Lipinski definition) is 5. The van der Waals surface area contributed by atoms with Crippen molar-refractivity contribution in [2.24, 2.45) is 17.6 Å². The van der Waals surface area contributed by atoms with Crippen molar-refractivity contribution in [2.75, 3.05) is 11.9 Å². The second-order valence-electron chi connectivity index (χ2n) is 8.75. The molecule has 1 spiro atoms. The fourth-order valence-electron chi connectivity index (χ4n) is 5.51. The van der Waals surface area contributed by atoms with Gasteiger partial charge in [-0.1, -0.05) is 54.1 Å². The monoisotopic (exact) mass is 466 g/mol. The van der Waals surface area contributed by atoms with E-state index in [1.807, 2.05) is 30.3 Å². The molecule has 0 aliphatic carbocycles. The van der Waals surface area contributed by atoms with Crippen molar-refractivity contribution in [1.29, 1.82) is 0 Å². The van der Waals surface area contributed by atoms with Gasteiger partial charge in [0.25, 0.3) is 0 Å². The third-order valence-electron chi connectivity index (χ3n) is 6.96. The lowest BCUT2D eigenvalue weighted by molar-refractivity contribution is -0.142. The van der Waals surface area contributed by atoms with Crippen LogP contribution < -0.4 is 16.4 Å². The number of nitrogens with one attached hydrogen (secondary N) is 2. The van der Waals surface area contributed by atoms with E-state index in [4.69, 9.17) is 17.3 Å². The summed E-state index contributed by atoms with van der Waals surface area (Å²) in [5, 5.41) is 6.42. The van der Waals surface area contributed by atoms with Gasteiger partial charge in [-0.2, -0.15) is 0 Å². The summed E-state index contributed by atoms with van der Waals surface area (Å²) >= 11 is 6.32. The van der Waals surface area contributed by atoms with Crippen LogP contribution in [-0.4, -0.2) is 41.1 Å². The molecule has 9 heteroatoms. The number of nitrogens with two attached hydrogens (primary N) is 1. The number of primary amides is 1. The Balaban J connectivity index is 1.53. The smallest absolute Gasteiger partial charge is 0.250 e. The number of carbonyl (C=O) groups excluding carboxylic acids is 4. The van der Waals surface area contributed by atoms with Crippen LogP contribution in [0, 0.1) is 11.8 Å². The highest BCUT2D eigenvalue weighted by Gasteiger charge is 2.70. The fraction of sp³-hybridized carbons (Fsp3) is 0.333. The van der Waals surface area contributed by atoms with Crippen molar-refractivity contribution >= 4 is 40.9 Å². The fourth-order valence-corrected chi connectivity index (χ4v) is 5.73. The minimum Gasteiger partial charge on any atom is -0.370 e. The van der Waals surface area contributed by atoms with Gasteiger partial charge in [0.15, 0.2) is 0 Å². The highest BCUT2D eigenvalue weighted by Crippen LogP contribution is 2.54. The third-order valence-corrected chi connectivity index (χ3v) is 7.27. The number of amides is 4. The van der Waals surface area contributed by atoms with Crippen LogP contribution in [0.15, 0.2) is 48.5 Å². The van der Waals surface area contributed by atoms with E-state index < -0.39 is 41.1 Å². The normalized spacial score (nSPS) is 27.7. The Morgan fingerprint density at radius 1 is 1.06 bits per heavy atom. The number of hydrogen-bond donors (Lipinski definition) is 3. The highest BCUT2D eigenvalue weighted by molar-refractivity contribution is 6.35. The van der Waals surface area contributed by atoms with E-state index >= 15 is 0 Å². The van der Waals surface area contributed by atoms with Crippen molar-refractivity contribution < 1.29 is 19.2 Å². The maximum absolute atomic E-state index is 13.7. The lowest BCUT2D eigenvalue weighted by Gasteiger charge is -2.29. The van der Waals surface area contributed by atoms with Crippen LogP contribution in [0.5, 0.6) is 0 Å². The third kappa shape index (κ3) is 3.24. The molecule has 4 amide bonds. The molecule has 2 saturated heterocycles. The molecule has 0 radical (unpaired) electrons. The van der Waals surface area contributed by atoms with Crippen LogP contribution in [0.3, 0.4) is 0 Å². The van der Waals surface area contributed by atoms with Gasteiger partial charge in [-0.25, -0.2) is 0 Å². The van der Waals surface area contributed by atoms with Crippen LogP contribution in [0.25, 0.3) is 0 Å². The molecular formula is C24H23ClN4O4. The Hall–Kier alpha value is -3.23. The molecular weight excluding hydrogens is 444 g/mol. The average molecular weight is 467 g/mol. The second kappa shape index (κ2) is 7.97. The van der Waals surface area contributed by atoms with Crippen LogP contribution in [0.2, 0.25) is 5.02 Å². The van der Waals surface area contributed by atoms with Gasteiger partial charge >= 0.3 is 0 Å². The van der Waals surface area contributed by atoms with Gasteiger partial charge in [-0.15, -0.1) is 0 Å². The van der Waals surface area contributed by atoms with Gasteiger partial charge < -0.3 is 11.1 Å². The first-order chi connectivity index (χ1) is 15.8. The number of imide groups is 1. The maximum Gasteiger partial charge on any atom is 0.250 e. The number of fused-ring (bicyclic) bond motifs is 4. The van der Waals surface area contributed by atoms with Crippen LogP contribution in [0.4, 0.5) is 5.69 Å². The predicted octanol–water partition coefficient (Wildman–Crippen LogP) is 1.57. The van der Waals surface area contributed by atoms with E-state index in [2.05, 4.69) is 10.6 Å². The summed E-state index contributed by atoms with van der Waals surface area (Å²) in [7, 11) is 0. The minimum atomic E-state index is -1.43. The summed E-state index contributed by atoms with van der Waals surface area (Å²) in [4.78, 5) is 53.3. The van der Waals surface area contributed by atoms with Gasteiger partial charge in [-0.05, 0) is 24.5 Å². The van der Waals surface area contributed by atoms with Crippen molar-refractivity contribution in [3.05, 3.63) is 64.7 Å². The summed E-state index contributed by atoms with van der Waals surface area (Å²) in [5.41, 5.74) is 5.91. The Labute approximate surface area is 195 Å². The molecule has 2 fully saturated rings. The molecule has 0 bridgehead atoms. The first-order valence-electron chi connectivity index (χ1n) is 10.9. The lowest BCUT2D eigenvalue weighted by atomic mass is 9.76. The SMILES string of the molecule is NC(=O)CC[C@H]1N[C@@]2(C(=O)Nc3c(Cl)cccc32)[C@@H]2C(=O)N(CCc3ccccc3)C(=O)[C@H]21.